The molecule has 0 fully saturated rings. The van der Waals surface area contributed by atoms with E-state index in [4.69, 9.17) is 0 Å². The Bertz CT molecular complexity index is 967. The van der Waals surface area contributed by atoms with E-state index in [-0.39, 0.29) is 0 Å². The molecule has 4 aromatic rings. The summed E-state index contributed by atoms with van der Waals surface area (Å²) in [6, 6.07) is 28.0. The van der Waals surface area contributed by atoms with Gasteiger partial charge >= 0.3 is 0 Å². The summed E-state index contributed by atoms with van der Waals surface area (Å²) in [5.74, 6) is 0. The van der Waals surface area contributed by atoms with Crippen LogP contribution in [0.15, 0.2) is 84.9 Å². The van der Waals surface area contributed by atoms with Crippen molar-refractivity contribution in [3.05, 3.63) is 102 Å². The zero-order valence-corrected chi connectivity index (χ0v) is 13.9. The largest absolute Gasteiger partial charge is 0.0795 e. The molecular weight excluding hydrogens is 288 g/mol. The fraction of sp³-hybridized carbons (Fsp3) is 0.0833. The van der Waals surface area contributed by atoms with Gasteiger partial charge in [-0.15, -0.1) is 0 Å². The van der Waals surface area contributed by atoms with Crippen molar-refractivity contribution in [2.45, 2.75) is 13.3 Å². The average Bonchev–Trinajstić information content (AvgIpc) is 2.65. The molecule has 0 atom stereocenters. The van der Waals surface area contributed by atoms with Crippen molar-refractivity contribution < 1.29 is 0 Å². The van der Waals surface area contributed by atoms with Gasteiger partial charge in [-0.25, -0.2) is 0 Å². The van der Waals surface area contributed by atoms with Gasteiger partial charge in [0.1, 0.15) is 0 Å². The van der Waals surface area contributed by atoms with Crippen molar-refractivity contribution in [1.82, 2.24) is 0 Å². The summed E-state index contributed by atoms with van der Waals surface area (Å²) < 4.78 is 0. The van der Waals surface area contributed by atoms with Crippen LogP contribution in [0.1, 0.15) is 16.7 Å². The number of benzene rings is 4. The Labute approximate surface area is 143 Å². The van der Waals surface area contributed by atoms with Crippen LogP contribution >= 0.6 is 0 Å². The first-order chi connectivity index (χ1) is 11.8. The molecule has 0 heterocycles. The van der Waals surface area contributed by atoms with E-state index in [1.807, 2.05) is 0 Å². The van der Waals surface area contributed by atoms with Gasteiger partial charge in [-0.2, -0.15) is 0 Å². The third kappa shape index (κ3) is 2.61. The SMILES string of the molecule is Cc1c2ccccc2c(C/C=C/c2ccccc2)c2ccccc12. The first-order valence-corrected chi connectivity index (χ1v) is 8.45. The molecule has 0 nitrogen and oxygen atoms in total. The number of rotatable bonds is 3. The van der Waals surface area contributed by atoms with Crippen LogP contribution < -0.4 is 0 Å². The smallest absolute Gasteiger partial charge is 0.00818 e. The summed E-state index contributed by atoms with van der Waals surface area (Å²) in [4.78, 5) is 0. The van der Waals surface area contributed by atoms with Gasteiger partial charge in [-0.1, -0.05) is 91.0 Å². The number of aryl methyl sites for hydroxylation is 1. The lowest BCUT2D eigenvalue weighted by Crippen LogP contribution is -1.91. The Hall–Kier alpha value is -2.86. The molecule has 0 bridgehead atoms. The van der Waals surface area contributed by atoms with Gasteiger partial charge in [0.2, 0.25) is 0 Å². The lowest BCUT2D eigenvalue weighted by molar-refractivity contribution is 1.33. The quantitative estimate of drug-likeness (QED) is 0.376. The van der Waals surface area contributed by atoms with Crippen molar-refractivity contribution in [3.8, 4) is 0 Å². The lowest BCUT2D eigenvalue weighted by Gasteiger charge is -2.13. The van der Waals surface area contributed by atoms with Gasteiger partial charge in [0, 0.05) is 0 Å². The van der Waals surface area contributed by atoms with Crippen LogP contribution in [0, 0.1) is 6.92 Å². The van der Waals surface area contributed by atoms with E-state index in [9.17, 15) is 0 Å². The van der Waals surface area contributed by atoms with Crippen LogP contribution in [-0.4, -0.2) is 0 Å². The van der Waals surface area contributed by atoms with Crippen LogP contribution in [0.25, 0.3) is 27.6 Å². The number of allylic oxidation sites excluding steroid dienone is 1. The first-order valence-electron chi connectivity index (χ1n) is 8.45. The summed E-state index contributed by atoms with van der Waals surface area (Å²) in [7, 11) is 0. The second-order valence-corrected chi connectivity index (χ2v) is 6.21. The highest BCUT2D eigenvalue weighted by atomic mass is 14.1. The van der Waals surface area contributed by atoms with Crippen molar-refractivity contribution in [1.29, 1.82) is 0 Å². The molecule has 24 heavy (non-hydrogen) atoms. The monoisotopic (exact) mass is 308 g/mol. The van der Waals surface area contributed by atoms with Gasteiger partial charge in [0.05, 0.1) is 0 Å². The predicted molar refractivity (Wildman–Crippen MR) is 105 cm³/mol. The van der Waals surface area contributed by atoms with Crippen LogP contribution in [-0.2, 0) is 6.42 Å². The molecule has 4 rings (SSSR count). The minimum atomic E-state index is 0.941. The van der Waals surface area contributed by atoms with E-state index in [2.05, 4.69) is 97.9 Å². The molecule has 0 unspecified atom stereocenters. The van der Waals surface area contributed by atoms with Crippen molar-refractivity contribution >= 4 is 27.6 Å². The fourth-order valence-electron chi connectivity index (χ4n) is 3.53. The summed E-state index contributed by atoms with van der Waals surface area (Å²) in [5, 5.41) is 5.46. The third-order valence-electron chi connectivity index (χ3n) is 4.74. The lowest BCUT2D eigenvalue weighted by atomic mass is 9.91. The molecule has 0 spiro atoms. The summed E-state index contributed by atoms with van der Waals surface area (Å²) in [5.41, 5.74) is 4.04. The maximum atomic E-state index is 2.28. The van der Waals surface area contributed by atoms with Gasteiger partial charge in [0.25, 0.3) is 0 Å². The molecule has 0 saturated heterocycles. The highest BCUT2D eigenvalue weighted by Crippen LogP contribution is 2.32. The number of hydrogen-bond donors (Lipinski definition) is 0. The normalized spacial score (nSPS) is 11.5. The molecular formula is C24H20. The van der Waals surface area contributed by atoms with Crippen LogP contribution in [0.5, 0.6) is 0 Å². The van der Waals surface area contributed by atoms with E-state index in [1.165, 1.54) is 38.2 Å². The molecule has 0 heteroatoms. The van der Waals surface area contributed by atoms with Gasteiger partial charge in [0.15, 0.2) is 0 Å². The maximum absolute atomic E-state index is 2.28. The Morgan fingerprint density at radius 2 is 1.12 bits per heavy atom. The molecule has 0 aliphatic carbocycles. The summed E-state index contributed by atoms with van der Waals surface area (Å²) >= 11 is 0. The molecule has 0 radical (unpaired) electrons. The molecule has 0 aliphatic rings. The molecule has 116 valence electrons. The number of hydrogen-bond acceptors (Lipinski definition) is 0. The van der Waals surface area contributed by atoms with Crippen molar-refractivity contribution in [2.24, 2.45) is 0 Å². The molecule has 0 aliphatic heterocycles. The van der Waals surface area contributed by atoms with Gasteiger partial charge < -0.3 is 0 Å². The molecule has 0 saturated carbocycles. The topological polar surface area (TPSA) is 0 Å². The standard InChI is InChI=1S/C24H20/c1-18-20-13-5-7-15-22(20)24(23-16-8-6-14-21(18)23)17-9-12-19-10-3-2-4-11-19/h2-16H,17H2,1H3/b12-9+. The highest BCUT2D eigenvalue weighted by molar-refractivity contribution is 6.05. The zero-order valence-electron chi connectivity index (χ0n) is 13.9. The minimum absolute atomic E-state index is 0.941. The molecule has 4 aromatic carbocycles. The third-order valence-corrected chi connectivity index (χ3v) is 4.74. The van der Waals surface area contributed by atoms with E-state index in [0.717, 1.165) is 6.42 Å². The maximum Gasteiger partial charge on any atom is -0.00818 e. The molecule has 0 N–H and O–H groups in total. The average molecular weight is 308 g/mol. The fourth-order valence-corrected chi connectivity index (χ4v) is 3.53. The van der Waals surface area contributed by atoms with Crippen LogP contribution in [0.2, 0.25) is 0 Å². The van der Waals surface area contributed by atoms with Crippen molar-refractivity contribution in [2.75, 3.05) is 0 Å². The van der Waals surface area contributed by atoms with Gasteiger partial charge in [-0.05, 0) is 51.6 Å². The minimum Gasteiger partial charge on any atom is -0.0795 e. The van der Waals surface area contributed by atoms with E-state index in [0.29, 0.717) is 0 Å². The Kier molecular flexibility index (Phi) is 3.88. The highest BCUT2D eigenvalue weighted by Gasteiger charge is 2.09. The van der Waals surface area contributed by atoms with Gasteiger partial charge in [-0.3, -0.25) is 0 Å². The Morgan fingerprint density at radius 3 is 1.71 bits per heavy atom. The molecule has 0 aromatic heterocycles. The summed E-state index contributed by atoms with van der Waals surface area (Å²) in [6.07, 6.45) is 5.43. The van der Waals surface area contributed by atoms with Crippen molar-refractivity contribution in [3.63, 3.8) is 0 Å². The number of fused-ring (bicyclic) bond motifs is 2. The predicted octanol–water partition coefficient (Wildman–Crippen LogP) is 6.56. The zero-order chi connectivity index (χ0) is 16.4. The second kappa shape index (κ2) is 6.33. The summed E-state index contributed by atoms with van der Waals surface area (Å²) in [6.45, 7) is 2.23. The Balaban J connectivity index is 1.86. The van der Waals surface area contributed by atoms with Crippen LogP contribution in [0.4, 0.5) is 0 Å². The van der Waals surface area contributed by atoms with Crippen LogP contribution in [0.3, 0.4) is 0 Å². The molecule has 0 amide bonds. The van der Waals surface area contributed by atoms with E-state index < -0.39 is 0 Å². The second-order valence-electron chi connectivity index (χ2n) is 6.21. The van der Waals surface area contributed by atoms with E-state index >= 15 is 0 Å². The Morgan fingerprint density at radius 1 is 0.625 bits per heavy atom. The van der Waals surface area contributed by atoms with E-state index in [1.54, 1.807) is 0 Å². The first kappa shape index (κ1) is 14.7.